The maximum Gasteiger partial charge on any atom is 0.410 e. The molecule has 2 atom stereocenters. The molecular weight excluding hydrogens is 388 g/mol. The molecule has 2 saturated heterocycles. The molecule has 0 bridgehead atoms. The Labute approximate surface area is 188 Å². The monoisotopic (exact) mass is 428 g/mol. The summed E-state index contributed by atoms with van der Waals surface area (Å²) in [5.41, 5.74) is 1.68. The van der Waals surface area contributed by atoms with Gasteiger partial charge in [-0.2, -0.15) is 0 Å². The summed E-state index contributed by atoms with van der Waals surface area (Å²) in [7, 11) is 0. The number of rotatable bonds is 2. The Hall–Kier alpha value is -2.47. The Balaban J connectivity index is 0.000000320. The van der Waals surface area contributed by atoms with Gasteiger partial charge in [0.1, 0.15) is 5.60 Å². The van der Waals surface area contributed by atoms with Crippen LogP contribution in [0.5, 0.6) is 0 Å². The van der Waals surface area contributed by atoms with Gasteiger partial charge in [0.2, 0.25) is 0 Å². The molecule has 2 aromatic rings. The van der Waals surface area contributed by atoms with Gasteiger partial charge in [0.25, 0.3) is 0 Å². The van der Waals surface area contributed by atoms with Crippen molar-refractivity contribution < 1.29 is 9.53 Å². The highest BCUT2D eigenvalue weighted by Crippen LogP contribution is 2.31. The molecule has 1 N–H and O–H groups in total. The molecule has 2 unspecified atom stereocenters. The molecule has 6 heteroatoms. The van der Waals surface area contributed by atoms with Gasteiger partial charge in [0.15, 0.2) is 0 Å². The largest absolute Gasteiger partial charge is 0.444 e. The molecule has 0 saturated carbocycles. The van der Waals surface area contributed by atoms with Crippen molar-refractivity contribution in [3.8, 4) is 0 Å². The van der Waals surface area contributed by atoms with Crippen molar-refractivity contribution >= 4 is 6.09 Å². The third kappa shape index (κ3) is 7.94. The lowest BCUT2D eigenvalue weighted by Gasteiger charge is -2.28. The van der Waals surface area contributed by atoms with Crippen molar-refractivity contribution in [3.05, 3.63) is 60.2 Å². The van der Waals surface area contributed by atoms with Crippen LogP contribution in [0.3, 0.4) is 0 Å². The number of carbonyl (C=O) groups is 1. The number of nitrogens with one attached hydrogen (secondary N) is 1. The Bertz CT molecular complexity index is 756. The van der Waals surface area contributed by atoms with Crippen molar-refractivity contribution in [1.29, 1.82) is 0 Å². The summed E-state index contributed by atoms with van der Waals surface area (Å²) < 4.78 is 5.43. The average Bonchev–Trinajstić information content (AvgIpc) is 3.41. The first-order valence-corrected chi connectivity index (χ1v) is 10.5. The molecule has 6 nitrogen and oxygen atoms in total. The van der Waals surface area contributed by atoms with E-state index in [1.165, 1.54) is 18.5 Å². The lowest BCUT2D eigenvalue weighted by atomic mass is 10.1. The number of amides is 1. The van der Waals surface area contributed by atoms with Crippen LogP contribution in [0.4, 0.5) is 4.79 Å². The number of nitrogens with zero attached hydrogens (tertiary/aromatic N) is 3. The van der Waals surface area contributed by atoms with Crippen molar-refractivity contribution in [2.75, 3.05) is 13.1 Å². The van der Waals surface area contributed by atoms with E-state index in [1.807, 2.05) is 57.3 Å². The first kappa shape index (κ1) is 26.6. The first-order valence-electron chi connectivity index (χ1n) is 10.5. The number of hydrogen-bond acceptors (Lipinski definition) is 5. The van der Waals surface area contributed by atoms with Crippen molar-refractivity contribution in [3.63, 3.8) is 0 Å². The van der Waals surface area contributed by atoms with E-state index < -0.39 is 5.60 Å². The SMILES string of the molecule is C.C.CC(C)(C)OC(=O)N1CCCC1c1ccccn1.c1ccc(C2CCCN2)nc1. The van der Waals surface area contributed by atoms with E-state index in [2.05, 4.69) is 21.4 Å². The summed E-state index contributed by atoms with van der Waals surface area (Å²) in [6, 6.07) is 12.5. The molecule has 0 radical (unpaired) electrons. The van der Waals surface area contributed by atoms with Crippen LogP contribution in [-0.4, -0.2) is 39.7 Å². The molecule has 31 heavy (non-hydrogen) atoms. The van der Waals surface area contributed by atoms with Crippen LogP contribution in [0.1, 0.15) is 84.8 Å². The molecule has 0 spiro atoms. The van der Waals surface area contributed by atoms with Gasteiger partial charge in [-0.05, 0) is 77.3 Å². The predicted octanol–water partition coefficient (Wildman–Crippen LogP) is 5.93. The maximum atomic E-state index is 12.1. The molecule has 0 aromatic carbocycles. The van der Waals surface area contributed by atoms with Crippen LogP contribution >= 0.6 is 0 Å². The lowest BCUT2D eigenvalue weighted by Crippen LogP contribution is -2.36. The minimum absolute atomic E-state index is 0. The molecule has 4 rings (SSSR count). The van der Waals surface area contributed by atoms with E-state index in [9.17, 15) is 4.79 Å². The zero-order chi connectivity index (χ0) is 20.7. The Morgan fingerprint density at radius 2 is 1.65 bits per heavy atom. The number of ether oxygens (including phenoxy) is 1. The van der Waals surface area contributed by atoms with Gasteiger partial charge in [0.05, 0.1) is 17.4 Å². The van der Waals surface area contributed by atoms with Crippen LogP contribution in [-0.2, 0) is 4.74 Å². The minimum Gasteiger partial charge on any atom is -0.444 e. The van der Waals surface area contributed by atoms with Crippen LogP contribution in [0.2, 0.25) is 0 Å². The summed E-state index contributed by atoms with van der Waals surface area (Å²) in [4.78, 5) is 22.5. The number of aromatic nitrogens is 2. The van der Waals surface area contributed by atoms with Crippen molar-refractivity contribution in [2.45, 2.75) is 79.0 Å². The van der Waals surface area contributed by atoms with Crippen molar-refractivity contribution in [2.24, 2.45) is 0 Å². The third-order valence-corrected chi connectivity index (χ3v) is 5.02. The zero-order valence-electron chi connectivity index (χ0n) is 17.7. The number of likely N-dealkylation sites (tertiary alicyclic amines) is 1. The normalized spacial score (nSPS) is 20.0. The molecule has 172 valence electrons. The summed E-state index contributed by atoms with van der Waals surface area (Å²) in [6.07, 6.45) is 7.85. The molecule has 2 fully saturated rings. The van der Waals surface area contributed by atoms with Gasteiger partial charge >= 0.3 is 6.09 Å². The van der Waals surface area contributed by atoms with E-state index in [1.54, 1.807) is 11.1 Å². The fourth-order valence-electron chi connectivity index (χ4n) is 3.71. The van der Waals surface area contributed by atoms with E-state index in [0.29, 0.717) is 6.04 Å². The highest BCUT2D eigenvalue weighted by Gasteiger charge is 2.33. The molecule has 0 aliphatic carbocycles. The van der Waals surface area contributed by atoms with Gasteiger partial charge in [0, 0.05) is 25.0 Å². The zero-order valence-corrected chi connectivity index (χ0v) is 17.7. The van der Waals surface area contributed by atoms with Crippen LogP contribution < -0.4 is 5.32 Å². The topological polar surface area (TPSA) is 67.3 Å². The highest BCUT2D eigenvalue weighted by atomic mass is 16.6. The number of pyridine rings is 2. The second-order valence-electron chi connectivity index (χ2n) is 8.49. The first-order chi connectivity index (χ1) is 13.9. The van der Waals surface area contributed by atoms with Crippen molar-refractivity contribution in [1.82, 2.24) is 20.2 Å². The molecule has 2 aliphatic heterocycles. The van der Waals surface area contributed by atoms with E-state index in [-0.39, 0.29) is 27.0 Å². The third-order valence-electron chi connectivity index (χ3n) is 5.02. The summed E-state index contributed by atoms with van der Waals surface area (Å²) >= 11 is 0. The number of carbonyl (C=O) groups excluding carboxylic acids is 1. The minimum atomic E-state index is -0.450. The van der Waals surface area contributed by atoms with Gasteiger partial charge in [-0.1, -0.05) is 27.0 Å². The summed E-state index contributed by atoms with van der Waals surface area (Å²) in [5, 5.41) is 3.41. The van der Waals surface area contributed by atoms with Gasteiger partial charge in [-0.3, -0.25) is 14.9 Å². The summed E-state index contributed by atoms with van der Waals surface area (Å²) in [6.45, 7) is 7.54. The molecule has 2 aromatic heterocycles. The Morgan fingerprint density at radius 3 is 2.16 bits per heavy atom. The fourth-order valence-corrected chi connectivity index (χ4v) is 3.71. The van der Waals surface area contributed by atoms with Gasteiger partial charge in [-0.15, -0.1) is 0 Å². The lowest BCUT2D eigenvalue weighted by molar-refractivity contribution is 0.0221. The van der Waals surface area contributed by atoms with E-state index >= 15 is 0 Å². The fraction of sp³-hybridized carbons (Fsp3) is 0.560. The standard InChI is InChI=1S/C14H20N2O2.C9H12N2.2CH4/c1-14(2,3)18-13(17)16-10-6-8-12(16)11-7-4-5-9-15-11;1-2-6-10-8(4-1)9-5-3-7-11-9;;/h4-5,7,9,12H,6,8,10H2,1-3H3;1-2,4,6,9,11H,3,5,7H2;2*1H4. The van der Waals surface area contributed by atoms with Gasteiger partial charge in [-0.25, -0.2) is 4.79 Å². The van der Waals surface area contributed by atoms with Crippen LogP contribution in [0.15, 0.2) is 48.8 Å². The van der Waals surface area contributed by atoms with Crippen LogP contribution in [0.25, 0.3) is 0 Å². The quantitative estimate of drug-likeness (QED) is 0.642. The highest BCUT2D eigenvalue weighted by molar-refractivity contribution is 5.69. The molecule has 2 aliphatic rings. The second-order valence-corrected chi connectivity index (χ2v) is 8.49. The number of hydrogen-bond donors (Lipinski definition) is 1. The molecular formula is C25H40N4O2. The smallest absolute Gasteiger partial charge is 0.410 e. The predicted molar refractivity (Wildman–Crippen MR) is 127 cm³/mol. The molecule has 1 amide bonds. The van der Waals surface area contributed by atoms with E-state index in [4.69, 9.17) is 4.74 Å². The summed E-state index contributed by atoms with van der Waals surface area (Å²) in [5.74, 6) is 0. The van der Waals surface area contributed by atoms with Gasteiger partial charge < -0.3 is 10.1 Å². The Kier molecular flexibility index (Phi) is 10.6. The molecule has 4 heterocycles. The van der Waals surface area contributed by atoms with Crippen LogP contribution in [0, 0.1) is 0 Å². The second kappa shape index (κ2) is 12.4. The van der Waals surface area contributed by atoms with E-state index in [0.717, 1.165) is 31.6 Å². The maximum absolute atomic E-state index is 12.1. The average molecular weight is 429 g/mol. The Morgan fingerprint density at radius 1 is 1.00 bits per heavy atom.